The molecule has 0 aliphatic carbocycles. The molecule has 90 valence electrons. The lowest BCUT2D eigenvalue weighted by Crippen LogP contribution is -2.35. The molecule has 1 atom stereocenters. The highest BCUT2D eigenvalue weighted by atomic mass is 32.2. The molecule has 0 aromatic heterocycles. The van der Waals surface area contributed by atoms with Crippen molar-refractivity contribution in [1.82, 2.24) is 4.72 Å². The number of sulfonamides is 1. The average Bonchev–Trinajstić information content (AvgIpc) is 2.17. The molecule has 0 amide bonds. The molecule has 0 saturated carbocycles. The van der Waals surface area contributed by atoms with Gasteiger partial charge in [0.2, 0.25) is 10.0 Å². The van der Waals surface area contributed by atoms with Crippen molar-refractivity contribution in [3.8, 4) is 5.75 Å². The molecule has 1 unspecified atom stereocenters. The van der Waals surface area contributed by atoms with Crippen LogP contribution in [0.1, 0.15) is 6.92 Å². The van der Waals surface area contributed by atoms with E-state index in [0.717, 1.165) is 0 Å². The SMILES string of the molecule is COCC(C)NS(=O)(=O)c1ccccc1O. The summed E-state index contributed by atoms with van der Waals surface area (Å²) in [5.41, 5.74) is 0. The van der Waals surface area contributed by atoms with Gasteiger partial charge in [-0.3, -0.25) is 0 Å². The normalized spacial score (nSPS) is 13.6. The number of phenols is 1. The first-order valence-electron chi connectivity index (χ1n) is 4.76. The first kappa shape index (κ1) is 13.0. The fourth-order valence-corrected chi connectivity index (χ4v) is 2.62. The number of rotatable bonds is 5. The van der Waals surface area contributed by atoms with Gasteiger partial charge in [-0.15, -0.1) is 0 Å². The van der Waals surface area contributed by atoms with E-state index >= 15 is 0 Å². The van der Waals surface area contributed by atoms with Crippen LogP contribution >= 0.6 is 0 Å². The molecule has 5 nitrogen and oxygen atoms in total. The molecule has 1 rings (SSSR count). The molecule has 0 aliphatic heterocycles. The number of hydrogen-bond donors (Lipinski definition) is 2. The molecule has 0 heterocycles. The number of para-hydroxylation sites is 1. The molecule has 0 fully saturated rings. The molecule has 0 radical (unpaired) electrons. The van der Waals surface area contributed by atoms with E-state index in [1.54, 1.807) is 19.1 Å². The number of nitrogens with one attached hydrogen (secondary N) is 1. The zero-order valence-electron chi connectivity index (χ0n) is 9.17. The third kappa shape index (κ3) is 3.19. The molecule has 0 aliphatic rings. The molecule has 0 saturated heterocycles. The summed E-state index contributed by atoms with van der Waals surface area (Å²) in [5.74, 6) is -0.264. The number of aromatic hydroxyl groups is 1. The molecule has 0 bridgehead atoms. The minimum atomic E-state index is -3.69. The fraction of sp³-hybridized carbons (Fsp3) is 0.400. The van der Waals surface area contributed by atoms with Crippen LogP contribution in [-0.4, -0.2) is 33.3 Å². The third-order valence-corrected chi connectivity index (χ3v) is 3.56. The average molecular weight is 245 g/mol. The van der Waals surface area contributed by atoms with E-state index in [9.17, 15) is 13.5 Å². The maximum Gasteiger partial charge on any atom is 0.244 e. The highest BCUT2D eigenvalue weighted by Crippen LogP contribution is 2.21. The van der Waals surface area contributed by atoms with Gasteiger partial charge in [-0.1, -0.05) is 12.1 Å². The Hall–Kier alpha value is -1.11. The maximum absolute atomic E-state index is 11.8. The summed E-state index contributed by atoms with van der Waals surface area (Å²) in [7, 11) is -2.20. The summed E-state index contributed by atoms with van der Waals surface area (Å²) in [5, 5.41) is 9.44. The first-order valence-corrected chi connectivity index (χ1v) is 6.25. The predicted molar refractivity (Wildman–Crippen MR) is 59.8 cm³/mol. The van der Waals surface area contributed by atoms with Crippen LogP contribution in [0.5, 0.6) is 5.75 Å². The van der Waals surface area contributed by atoms with E-state index in [-0.39, 0.29) is 23.3 Å². The van der Waals surface area contributed by atoms with Crippen LogP contribution in [0.4, 0.5) is 0 Å². The van der Waals surface area contributed by atoms with Gasteiger partial charge in [0.25, 0.3) is 0 Å². The number of ether oxygens (including phenoxy) is 1. The summed E-state index contributed by atoms with van der Waals surface area (Å²) in [6.45, 7) is 1.95. The van der Waals surface area contributed by atoms with Gasteiger partial charge in [-0.05, 0) is 19.1 Å². The Morgan fingerprint density at radius 2 is 2.06 bits per heavy atom. The zero-order chi connectivity index (χ0) is 12.2. The topological polar surface area (TPSA) is 75.6 Å². The van der Waals surface area contributed by atoms with Crippen molar-refractivity contribution in [3.63, 3.8) is 0 Å². The highest BCUT2D eigenvalue weighted by molar-refractivity contribution is 7.89. The Morgan fingerprint density at radius 3 is 2.62 bits per heavy atom. The molecule has 6 heteroatoms. The van der Waals surface area contributed by atoms with Gasteiger partial charge >= 0.3 is 0 Å². The molecular formula is C10H15NO4S. The fourth-order valence-electron chi connectivity index (χ4n) is 1.30. The second kappa shape index (κ2) is 5.29. The van der Waals surface area contributed by atoms with Gasteiger partial charge in [0, 0.05) is 13.2 Å². The first-order chi connectivity index (χ1) is 7.47. The van der Waals surface area contributed by atoms with Gasteiger partial charge in [0.1, 0.15) is 10.6 Å². The minimum Gasteiger partial charge on any atom is -0.507 e. The Bertz CT molecular complexity index is 444. The van der Waals surface area contributed by atoms with Gasteiger partial charge in [-0.25, -0.2) is 13.1 Å². The molecule has 0 spiro atoms. The quantitative estimate of drug-likeness (QED) is 0.801. The standard InChI is InChI=1S/C10H15NO4S/c1-8(7-15-2)11-16(13,14)10-6-4-3-5-9(10)12/h3-6,8,11-12H,7H2,1-2H3. The van der Waals surface area contributed by atoms with Crippen molar-refractivity contribution in [3.05, 3.63) is 24.3 Å². The highest BCUT2D eigenvalue weighted by Gasteiger charge is 2.20. The van der Waals surface area contributed by atoms with Gasteiger partial charge in [-0.2, -0.15) is 0 Å². The zero-order valence-corrected chi connectivity index (χ0v) is 9.99. The van der Waals surface area contributed by atoms with Crippen molar-refractivity contribution >= 4 is 10.0 Å². The summed E-state index contributed by atoms with van der Waals surface area (Å²) in [6.07, 6.45) is 0. The molecule has 16 heavy (non-hydrogen) atoms. The third-order valence-electron chi connectivity index (χ3n) is 1.93. The lowest BCUT2D eigenvalue weighted by atomic mass is 10.3. The monoisotopic (exact) mass is 245 g/mol. The Balaban J connectivity index is 2.91. The van der Waals surface area contributed by atoms with Crippen LogP contribution in [0, 0.1) is 0 Å². The second-order valence-electron chi connectivity index (χ2n) is 3.45. The molecule has 2 N–H and O–H groups in total. The Kier molecular flexibility index (Phi) is 4.28. The van der Waals surface area contributed by atoms with E-state index in [0.29, 0.717) is 0 Å². The Labute approximate surface area is 95.1 Å². The number of benzene rings is 1. The number of hydrogen-bond acceptors (Lipinski definition) is 4. The largest absolute Gasteiger partial charge is 0.507 e. The van der Waals surface area contributed by atoms with Crippen molar-refractivity contribution < 1.29 is 18.3 Å². The van der Waals surface area contributed by atoms with Crippen molar-refractivity contribution in [1.29, 1.82) is 0 Å². The number of phenolic OH excluding ortho intramolecular Hbond substituents is 1. The summed E-state index contributed by atoms with van der Waals surface area (Å²) in [4.78, 5) is -0.127. The van der Waals surface area contributed by atoms with E-state index in [1.807, 2.05) is 0 Å². The summed E-state index contributed by atoms with van der Waals surface area (Å²) >= 11 is 0. The van der Waals surface area contributed by atoms with Crippen LogP contribution in [0.15, 0.2) is 29.2 Å². The van der Waals surface area contributed by atoms with Gasteiger partial charge in [0.15, 0.2) is 0 Å². The van der Waals surface area contributed by atoms with Crippen LogP contribution < -0.4 is 4.72 Å². The predicted octanol–water partition coefficient (Wildman–Crippen LogP) is 0.705. The van der Waals surface area contributed by atoms with Crippen LogP contribution in [-0.2, 0) is 14.8 Å². The van der Waals surface area contributed by atoms with Crippen molar-refractivity contribution in [2.75, 3.05) is 13.7 Å². The Morgan fingerprint density at radius 1 is 1.44 bits per heavy atom. The van der Waals surface area contributed by atoms with E-state index in [4.69, 9.17) is 4.74 Å². The lowest BCUT2D eigenvalue weighted by Gasteiger charge is -2.13. The van der Waals surface area contributed by atoms with E-state index < -0.39 is 10.0 Å². The smallest absolute Gasteiger partial charge is 0.244 e. The van der Waals surface area contributed by atoms with Gasteiger partial charge < -0.3 is 9.84 Å². The van der Waals surface area contributed by atoms with E-state index in [1.165, 1.54) is 19.2 Å². The molecule has 1 aromatic carbocycles. The van der Waals surface area contributed by atoms with Crippen LogP contribution in [0.25, 0.3) is 0 Å². The van der Waals surface area contributed by atoms with Crippen molar-refractivity contribution in [2.45, 2.75) is 17.9 Å². The maximum atomic E-state index is 11.8. The van der Waals surface area contributed by atoms with Crippen LogP contribution in [0.2, 0.25) is 0 Å². The second-order valence-corrected chi connectivity index (χ2v) is 5.13. The van der Waals surface area contributed by atoms with Gasteiger partial charge in [0.05, 0.1) is 6.61 Å². The van der Waals surface area contributed by atoms with Crippen LogP contribution in [0.3, 0.4) is 0 Å². The molecular weight excluding hydrogens is 230 g/mol. The minimum absolute atomic E-state index is 0.127. The molecule has 1 aromatic rings. The lowest BCUT2D eigenvalue weighted by molar-refractivity contribution is 0.180. The summed E-state index contributed by atoms with van der Waals surface area (Å²) < 4.78 is 30.9. The summed E-state index contributed by atoms with van der Waals surface area (Å²) in [6, 6.07) is 5.43. The number of methoxy groups -OCH3 is 1. The van der Waals surface area contributed by atoms with E-state index in [2.05, 4.69) is 4.72 Å². The van der Waals surface area contributed by atoms with Crippen molar-refractivity contribution in [2.24, 2.45) is 0 Å².